The van der Waals surface area contributed by atoms with Crippen LogP contribution in [-0.4, -0.2) is 25.8 Å². The summed E-state index contributed by atoms with van der Waals surface area (Å²) in [7, 11) is 2.99. The van der Waals surface area contributed by atoms with Crippen LogP contribution in [0.2, 0.25) is 0 Å². The van der Waals surface area contributed by atoms with E-state index in [9.17, 15) is 4.79 Å². The number of methoxy groups -OCH3 is 2. The van der Waals surface area contributed by atoms with Gasteiger partial charge in [-0.3, -0.25) is 0 Å². The molecule has 1 aromatic rings. The Hall–Kier alpha value is -1.97. The third-order valence-corrected chi connectivity index (χ3v) is 2.87. The summed E-state index contributed by atoms with van der Waals surface area (Å²) in [4.78, 5) is 11.5. The maximum absolute atomic E-state index is 11.5. The molecule has 0 heterocycles. The summed E-state index contributed by atoms with van der Waals surface area (Å²) in [6.07, 6.45) is 2.36. The summed E-state index contributed by atoms with van der Waals surface area (Å²) in [5.74, 6) is 0.435. The fraction of sp³-hybridized carbons (Fsp3) is 0.438. The first-order valence-electron chi connectivity index (χ1n) is 6.44. The van der Waals surface area contributed by atoms with Crippen molar-refractivity contribution in [2.75, 3.05) is 14.2 Å². The Morgan fingerprint density at radius 1 is 1.20 bits per heavy atom. The van der Waals surface area contributed by atoms with Crippen molar-refractivity contribution in [1.82, 2.24) is 0 Å². The lowest BCUT2D eigenvalue weighted by atomic mass is 10.1. The number of rotatable bonds is 6. The van der Waals surface area contributed by atoms with Crippen molar-refractivity contribution in [1.29, 1.82) is 0 Å². The SMILES string of the molecule is COC(=O)C(C)(C)OC=C(C)Cc1ccc(OC)cc1. The molecule has 0 saturated heterocycles. The summed E-state index contributed by atoms with van der Waals surface area (Å²) in [6, 6.07) is 7.84. The average Bonchev–Trinajstić information content (AvgIpc) is 2.45. The Kier molecular flexibility index (Phi) is 5.62. The zero-order valence-electron chi connectivity index (χ0n) is 12.7. The molecule has 110 valence electrons. The molecule has 0 N–H and O–H groups in total. The van der Waals surface area contributed by atoms with Gasteiger partial charge in [0.2, 0.25) is 0 Å². The summed E-state index contributed by atoms with van der Waals surface area (Å²) in [5, 5.41) is 0. The first kappa shape index (κ1) is 16.1. The Labute approximate surface area is 120 Å². The second kappa shape index (κ2) is 6.98. The van der Waals surface area contributed by atoms with Crippen LogP contribution in [0.15, 0.2) is 36.1 Å². The zero-order chi connectivity index (χ0) is 15.2. The molecule has 1 aromatic carbocycles. The molecule has 0 aliphatic rings. The summed E-state index contributed by atoms with van der Waals surface area (Å²) in [6.45, 7) is 5.31. The molecule has 1 rings (SSSR count). The van der Waals surface area contributed by atoms with Crippen molar-refractivity contribution in [3.63, 3.8) is 0 Å². The van der Waals surface area contributed by atoms with Gasteiger partial charge in [-0.1, -0.05) is 12.1 Å². The van der Waals surface area contributed by atoms with E-state index in [0.29, 0.717) is 0 Å². The number of ether oxygens (including phenoxy) is 3. The summed E-state index contributed by atoms with van der Waals surface area (Å²) >= 11 is 0. The van der Waals surface area contributed by atoms with E-state index in [1.54, 1.807) is 27.2 Å². The van der Waals surface area contributed by atoms with E-state index in [-0.39, 0.29) is 0 Å². The smallest absolute Gasteiger partial charge is 0.349 e. The molecule has 0 fully saturated rings. The number of carbonyl (C=O) groups is 1. The lowest BCUT2D eigenvalue weighted by Crippen LogP contribution is -2.34. The van der Waals surface area contributed by atoms with Gasteiger partial charge in [0.25, 0.3) is 0 Å². The fourth-order valence-corrected chi connectivity index (χ4v) is 1.65. The predicted molar refractivity (Wildman–Crippen MR) is 77.6 cm³/mol. The predicted octanol–water partition coefficient (Wildman–Crippen LogP) is 3.11. The fourth-order valence-electron chi connectivity index (χ4n) is 1.65. The average molecular weight is 278 g/mol. The highest BCUT2D eigenvalue weighted by Crippen LogP contribution is 2.16. The Morgan fingerprint density at radius 3 is 2.30 bits per heavy atom. The van der Waals surface area contributed by atoms with Crippen LogP contribution in [0.5, 0.6) is 5.75 Å². The Morgan fingerprint density at radius 2 is 1.80 bits per heavy atom. The molecule has 4 heteroatoms. The van der Waals surface area contributed by atoms with Crippen molar-refractivity contribution in [3.05, 3.63) is 41.7 Å². The summed E-state index contributed by atoms with van der Waals surface area (Å²) < 4.78 is 15.3. The second-order valence-electron chi connectivity index (χ2n) is 5.11. The van der Waals surface area contributed by atoms with E-state index >= 15 is 0 Å². The highest BCUT2D eigenvalue weighted by atomic mass is 16.6. The number of allylic oxidation sites excluding steroid dienone is 1. The Balaban J connectivity index is 2.63. The van der Waals surface area contributed by atoms with E-state index in [1.807, 2.05) is 31.2 Å². The molecule has 0 atom stereocenters. The van der Waals surface area contributed by atoms with Gasteiger partial charge >= 0.3 is 5.97 Å². The molecule has 0 radical (unpaired) electrons. The van der Waals surface area contributed by atoms with Crippen LogP contribution in [-0.2, 0) is 20.7 Å². The third-order valence-electron chi connectivity index (χ3n) is 2.87. The highest BCUT2D eigenvalue weighted by Gasteiger charge is 2.29. The number of esters is 1. The van der Waals surface area contributed by atoms with Crippen molar-refractivity contribution < 1.29 is 19.0 Å². The molecular formula is C16H22O4. The molecule has 0 saturated carbocycles. The van der Waals surface area contributed by atoms with E-state index in [1.165, 1.54) is 7.11 Å². The molecule has 0 aromatic heterocycles. The van der Waals surface area contributed by atoms with E-state index in [0.717, 1.165) is 23.3 Å². The minimum absolute atomic E-state index is 0.397. The number of hydrogen-bond donors (Lipinski definition) is 0. The van der Waals surface area contributed by atoms with E-state index < -0.39 is 11.6 Å². The van der Waals surface area contributed by atoms with Gasteiger partial charge < -0.3 is 14.2 Å². The third kappa shape index (κ3) is 4.61. The van der Waals surface area contributed by atoms with Crippen molar-refractivity contribution in [2.24, 2.45) is 0 Å². The van der Waals surface area contributed by atoms with Crippen LogP contribution in [0, 0.1) is 0 Å². The standard InChI is InChI=1S/C16H22O4/c1-12(11-20-16(2,3)15(17)19-5)10-13-6-8-14(18-4)9-7-13/h6-9,11H,10H2,1-5H3. The normalized spacial score (nSPS) is 11.9. The maximum Gasteiger partial charge on any atom is 0.349 e. The maximum atomic E-state index is 11.5. The Bertz CT molecular complexity index is 472. The van der Waals surface area contributed by atoms with Gasteiger partial charge in [0, 0.05) is 0 Å². The quantitative estimate of drug-likeness (QED) is 0.592. The molecule has 4 nitrogen and oxygen atoms in total. The van der Waals surface area contributed by atoms with E-state index in [4.69, 9.17) is 9.47 Å². The van der Waals surface area contributed by atoms with E-state index in [2.05, 4.69) is 4.74 Å². The lowest BCUT2D eigenvalue weighted by Gasteiger charge is -2.21. The molecule has 0 amide bonds. The van der Waals surface area contributed by atoms with Gasteiger partial charge in [-0.2, -0.15) is 0 Å². The molecule has 0 aliphatic carbocycles. The number of carbonyl (C=O) groups excluding carboxylic acids is 1. The minimum atomic E-state index is -0.976. The van der Waals surface area contributed by atoms with Crippen LogP contribution >= 0.6 is 0 Å². The van der Waals surface area contributed by atoms with Crippen molar-refractivity contribution in [2.45, 2.75) is 32.8 Å². The van der Waals surface area contributed by atoms with Gasteiger partial charge in [-0.15, -0.1) is 0 Å². The topological polar surface area (TPSA) is 44.8 Å². The van der Waals surface area contributed by atoms with Gasteiger partial charge in [-0.25, -0.2) is 4.79 Å². The zero-order valence-corrected chi connectivity index (χ0v) is 12.7. The molecule has 0 aliphatic heterocycles. The molecule has 0 spiro atoms. The van der Waals surface area contributed by atoms with Gasteiger partial charge in [-0.05, 0) is 50.5 Å². The molecule has 0 bridgehead atoms. The van der Waals surface area contributed by atoms with Gasteiger partial charge in [0.05, 0.1) is 20.5 Å². The van der Waals surface area contributed by atoms with Crippen LogP contribution in [0.3, 0.4) is 0 Å². The van der Waals surface area contributed by atoms with Gasteiger partial charge in [0.15, 0.2) is 5.60 Å². The van der Waals surface area contributed by atoms with Crippen molar-refractivity contribution in [3.8, 4) is 5.75 Å². The lowest BCUT2D eigenvalue weighted by molar-refractivity contribution is -0.159. The second-order valence-corrected chi connectivity index (χ2v) is 5.11. The molecular weight excluding hydrogens is 256 g/mol. The van der Waals surface area contributed by atoms with Gasteiger partial charge in [0.1, 0.15) is 5.75 Å². The monoisotopic (exact) mass is 278 g/mol. The molecule has 20 heavy (non-hydrogen) atoms. The van der Waals surface area contributed by atoms with Crippen LogP contribution in [0.4, 0.5) is 0 Å². The molecule has 0 unspecified atom stereocenters. The number of hydrogen-bond acceptors (Lipinski definition) is 4. The van der Waals surface area contributed by atoms with Crippen LogP contribution < -0.4 is 4.74 Å². The number of benzene rings is 1. The largest absolute Gasteiger partial charge is 0.497 e. The first-order chi connectivity index (χ1) is 9.39. The summed E-state index contributed by atoms with van der Waals surface area (Å²) in [5.41, 5.74) is 1.20. The van der Waals surface area contributed by atoms with Crippen molar-refractivity contribution >= 4 is 5.97 Å². The minimum Gasteiger partial charge on any atom is -0.497 e. The first-order valence-corrected chi connectivity index (χ1v) is 6.44. The van der Waals surface area contributed by atoms with Crippen LogP contribution in [0.1, 0.15) is 26.3 Å². The van der Waals surface area contributed by atoms with Crippen LogP contribution in [0.25, 0.3) is 0 Å². The highest BCUT2D eigenvalue weighted by molar-refractivity contribution is 5.78.